The summed E-state index contributed by atoms with van der Waals surface area (Å²) in [6.07, 6.45) is 5.66. The zero-order valence-electron chi connectivity index (χ0n) is 10.4. The van der Waals surface area contributed by atoms with Crippen molar-refractivity contribution in [1.82, 2.24) is 4.90 Å². The molecule has 1 saturated carbocycles. The Labute approximate surface area is 98.8 Å². The summed E-state index contributed by atoms with van der Waals surface area (Å²) in [5.41, 5.74) is 0. The SMILES string of the molecule is CC1CCCCC1CN1CCOC(CO)C1. The van der Waals surface area contributed by atoms with Crippen LogP contribution in [0.4, 0.5) is 0 Å². The van der Waals surface area contributed by atoms with Gasteiger partial charge in [-0.15, -0.1) is 0 Å². The maximum atomic E-state index is 9.11. The Kier molecular flexibility index (Phi) is 4.62. The maximum absolute atomic E-state index is 9.11. The van der Waals surface area contributed by atoms with Gasteiger partial charge in [0, 0.05) is 19.6 Å². The molecule has 3 unspecified atom stereocenters. The Morgan fingerprint density at radius 3 is 2.88 bits per heavy atom. The van der Waals surface area contributed by atoms with Gasteiger partial charge in [-0.25, -0.2) is 0 Å². The third-order valence-electron chi connectivity index (χ3n) is 4.21. The molecule has 16 heavy (non-hydrogen) atoms. The minimum absolute atomic E-state index is 0.0487. The first kappa shape index (κ1) is 12.3. The second-order valence-electron chi connectivity index (χ2n) is 5.46. The maximum Gasteiger partial charge on any atom is 0.0932 e. The van der Waals surface area contributed by atoms with Gasteiger partial charge < -0.3 is 9.84 Å². The van der Waals surface area contributed by atoms with Crippen molar-refractivity contribution in [3.05, 3.63) is 0 Å². The highest BCUT2D eigenvalue weighted by molar-refractivity contribution is 4.78. The summed E-state index contributed by atoms with van der Waals surface area (Å²) in [6, 6.07) is 0. The normalized spacial score (nSPS) is 37.5. The second kappa shape index (κ2) is 5.99. The molecule has 0 aromatic heterocycles. The molecule has 3 nitrogen and oxygen atoms in total. The van der Waals surface area contributed by atoms with Crippen molar-refractivity contribution < 1.29 is 9.84 Å². The van der Waals surface area contributed by atoms with E-state index >= 15 is 0 Å². The van der Waals surface area contributed by atoms with Gasteiger partial charge in [0.2, 0.25) is 0 Å². The van der Waals surface area contributed by atoms with E-state index in [0.29, 0.717) is 0 Å². The highest BCUT2D eigenvalue weighted by Crippen LogP contribution is 2.30. The predicted octanol–water partition coefficient (Wildman–Crippen LogP) is 1.51. The summed E-state index contributed by atoms with van der Waals surface area (Å²) in [5.74, 6) is 1.75. The van der Waals surface area contributed by atoms with Crippen molar-refractivity contribution in [2.45, 2.75) is 38.7 Å². The Morgan fingerprint density at radius 1 is 1.31 bits per heavy atom. The molecular formula is C13H25NO2. The quantitative estimate of drug-likeness (QED) is 0.793. The summed E-state index contributed by atoms with van der Waals surface area (Å²) in [5, 5.41) is 9.11. The number of aliphatic hydroxyl groups is 1. The highest BCUT2D eigenvalue weighted by Gasteiger charge is 2.26. The third kappa shape index (κ3) is 3.19. The van der Waals surface area contributed by atoms with Crippen molar-refractivity contribution in [3.8, 4) is 0 Å². The van der Waals surface area contributed by atoms with Crippen molar-refractivity contribution in [2.24, 2.45) is 11.8 Å². The van der Waals surface area contributed by atoms with Gasteiger partial charge in [0.25, 0.3) is 0 Å². The van der Waals surface area contributed by atoms with E-state index in [0.717, 1.165) is 31.5 Å². The average Bonchev–Trinajstić information content (AvgIpc) is 2.32. The van der Waals surface area contributed by atoms with Crippen LogP contribution >= 0.6 is 0 Å². The van der Waals surface area contributed by atoms with Gasteiger partial charge in [0.15, 0.2) is 0 Å². The molecule has 3 atom stereocenters. The van der Waals surface area contributed by atoms with Crippen LogP contribution in [0.5, 0.6) is 0 Å². The molecule has 1 saturated heterocycles. The zero-order chi connectivity index (χ0) is 11.4. The molecule has 0 aromatic rings. The molecule has 1 heterocycles. The average molecular weight is 227 g/mol. The first-order chi connectivity index (χ1) is 7.79. The summed E-state index contributed by atoms with van der Waals surface area (Å²) >= 11 is 0. The first-order valence-electron chi connectivity index (χ1n) is 6.74. The molecule has 94 valence electrons. The fourth-order valence-corrected chi connectivity index (χ4v) is 3.05. The Hall–Kier alpha value is -0.120. The largest absolute Gasteiger partial charge is 0.394 e. The minimum Gasteiger partial charge on any atom is -0.394 e. The second-order valence-corrected chi connectivity index (χ2v) is 5.46. The molecule has 3 heteroatoms. The van der Waals surface area contributed by atoms with Gasteiger partial charge in [-0.3, -0.25) is 4.90 Å². The molecule has 0 amide bonds. The lowest BCUT2D eigenvalue weighted by atomic mass is 9.80. The molecule has 0 radical (unpaired) electrons. The smallest absolute Gasteiger partial charge is 0.0932 e. The molecule has 2 aliphatic rings. The van der Waals surface area contributed by atoms with Crippen LogP contribution in [0.2, 0.25) is 0 Å². The van der Waals surface area contributed by atoms with Gasteiger partial charge in [-0.05, 0) is 18.3 Å². The van der Waals surface area contributed by atoms with Crippen molar-refractivity contribution >= 4 is 0 Å². The van der Waals surface area contributed by atoms with Crippen LogP contribution in [0, 0.1) is 11.8 Å². The van der Waals surface area contributed by atoms with Crippen molar-refractivity contribution in [3.63, 3.8) is 0 Å². The van der Waals surface area contributed by atoms with Crippen LogP contribution in [-0.4, -0.2) is 49.0 Å². The standard InChI is InChI=1S/C13H25NO2/c1-11-4-2-3-5-12(11)8-14-6-7-16-13(9-14)10-15/h11-13,15H,2-10H2,1H3. The lowest BCUT2D eigenvalue weighted by Gasteiger charge is -2.37. The third-order valence-corrected chi connectivity index (χ3v) is 4.21. The van der Waals surface area contributed by atoms with E-state index in [-0.39, 0.29) is 12.7 Å². The monoisotopic (exact) mass is 227 g/mol. The molecule has 2 rings (SSSR count). The molecule has 1 aliphatic carbocycles. The first-order valence-corrected chi connectivity index (χ1v) is 6.74. The Bertz CT molecular complexity index is 210. The van der Waals surface area contributed by atoms with E-state index in [2.05, 4.69) is 11.8 Å². The summed E-state index contributed by atoms with van der Waals surface area (Å²) < 4.78 is 5.48. The van der Waals surface area contributed by atoms with Crippen LogP contribution in [0.15, 0.2) is 0 Å². The summed E-state index contributed by atoms with van der Waals surface area (Å²) in [6.45, 7) is 6.51. The fourth-order valence-electron chi connectivity index (χ4n) is 3.05. The Morgan fingerprint density at radius 2 is 2.12 bits per heavy atom. The van der Waals surface area contributed by atoms with Crippen LogP contribution < -0.4 is 0 Å². The van der Waals surface area contributed by atoms with E-state index in [1.165, 1.54) is 32.2 Å². The van der Waals surface area contributed by atoms with Gasteiger partial charge >= 0.3 is 0 Å². The van der Waals surface area contributed by atoms with Crippen LogP contribution in [0.1, 0.15) is 32.6 Å². The summed E-state index contributed by atoms with van der Waals surface area (Å²) in [7, 11) is 0. The molecule has 2 fully saturated rings. The topological polar surface area (TPSA) is 32.7 Å². The molecule has 0 spiro atoms. The van der Waals surface area contributed by atoms with Crippen molar-refractivity contribution in [1.29, 1.82) is 0 Å². The predicted molar refractivity (Wildman–Crippen MR) is 64.4 cm³/mol. The van der Waals surface area contributed by atoms with Gasteiger partial charge in [-0.1, -0.05) is 26.2 Å². The molecule has 0 bridgehead atoms. The lowest BCUT2D eigenvalue weighted by molar-refractivity contribution is -0.0591. The number of nitrogens with zero attached hydrogens (tertiary/aromatic N) is 1. The number of aliphatic hydroxyl groups excluding tert-OH is 1. The Balaban J connectivity index is 1.79. The van der Waals surface area contributed by atoms with E-state index in [1.54, 1.807) is 0 Å². The number of rotatable bonds is 3. The zero-order valence-corrected chi connectivity index (χ0v) is 10.4. The van der Waals surface area contributed by atoms with Gasteiger partial charge in [0.05, 0.1) is 19.3 Å². The van der Waals surface area contributed by atoms with Crippen LogP contribution in [-0.2, 0) is 4.74 Å². The molecule has 1 N–H and O–H groups in total. The number of hydrogen-bond donors (Lipinski definition) is 1. The van der Waals surface area contributed by atoms with Gasteiger partial charge in [-0.2, -0.15) is 0 Å². The van der Waals surface area contributed by atoms with E-state index in [4.69, 9.17) is 9.84 Å². The van der Waals surface area contributed by atoms with Crippen LogP contribution in [0.25, 0.3) is 0 Å². The number of hydrogen-bond acceptors (Lipinski definition) is 3. The molecular weight excluding hydrogens is 202 g/mol. The van der Waals surface area contributed by atoms with E-state index < -0.39 is 0 Å². The van der Waals surface area contributed by atoms with Gasteiger partial charge in [0.1, 0.15) is 0 Å². The number of morpholine rings is 1. The number of ether oxygens (including phenoxy) is 1. The molecule has 1 aliphatic heterocycles. The van der Waals surface area contributed by atoms with E-state index in [1.807, 2.05) is 0 Å². The lowest BCUT2D eigenvalue weighted by Crippen LogP contribution is -2.46. The fraction of sp³-hybridized carbons (Fsp3) is 1.00. The van der Waals surface area contributed by atoms with E-state index in [9.17, 15) is 0 Å². The van der Waals surface area contributed by atoms with Crippen molar-refractivity contribution in [2.75, 3.05) is 32.8 Å². The minimum atomic E-state index is 0.0487. The molecule has 0 aromatic carbocycles. The van der Waals surface area contributed by atoms with Crippen LogP contribution in [0.3, 0.4) is 0 Å². The summed E-state index contributed by atoms with van der Waals surface area (Å²) in [4.78, 5) is 2.48. The highest BCUT2D eigenvalue weighted by atomic mass is 16.5.